The Balaban J connectivity index is 1.67. The van der Waals surface area contributed by atoms with Gasteiger partial charge < -0.3 is 9.09 Å². The highest BCUT2D eigenvalue weighted by atomic mass is 19.4. The molecule has 0 atom stereocenters. The first-order valence-corrected chi connectivity index (χ1v) is 8.28. The third-order valence-corrected chi connectivity index (χ3v) is 4.29. The Hall–Kier alpha value is -3.30. The molecule has 4 aromatic rings. The lowest BCUT2D eigenvalue weighted by atomic mass is 10.1. The molecule has 4 rings (SSSR count). The molecule has 2 aromatic heterocycles. The third-order valence-electron chi connectivity index (χ3n) is 4.29. The number of hydrogen-bond acceptors (Lipinski definition) is 3. The standard InChI is InChI=1S/C19H11F6N3O/c20-18(21,22)12-7-5-11(6-8-12)15-9-13(29-27-15)10-28-16-4-2-1-3-14(16)26-17(28)19(23,24)25/h1-9H,10H2. The van der Waals surface area contributed by atoms with E-state index in [1.165, 1.54) is 30.3 Å². The van der Waals surface area contributed by atoms with Crippen molar-refractivity contribution in [3.63, 3.8) is 0 Å². The Bertz CT molecular complexity index is 1160. The summed E-state index contributed by atoms with van der Waals surface area (Å²) in [6.45, 7) is -0.289. The summed E-state index contributed by atoms with van der Waals surface area (Å²) in [7, 11) is 0. The molecule has 0 saturated carbocycles. The minimum Gasteiger partial charge on any atom is -0.359 e. The fraction of sp³-hybridized carbons (Fsp3) is 0.158. The van der Waals surface area contributed by atoms with Crippen LogP contribution in [-0.4, -0.2) is 14.7 Å². The number of benzene rings is 2. The van der Waals surface area contributed by atoms with Crippen LogP contribution in [0.25, 0.3) is 22.3 Å². The van der Waals surface area contributed by atoms with Gasteiger partial charge in [0.25, 0.3) is 0 Å². The first kappa shape index (κ1) is 19.0. The molecule has 0 aliphatic heterocycles. The number of fused-ring (bicyclic) bond motifs is 1. The molecule has 150 valence electrons. The number of imidazole rings is 1. The molecule has 0 fully saturated rings. The number of nitrogens with zero attached hydrogens (tertiary/aromatic N) is 3. The smallest absolute Gasteiger partial charge is 0.359 e. The highest BCUT2D eigenvalue weighted by Gasteiger charge is 2.37. The summed E-state index contributed by atoms with van der Waals surface area (Å²) in [5, 5.41) is 3.76. The maximum Gasteiger partial charge on any atom is 0.449 e. The predicted molar refractivity (Wildman–Crippen MR) is 90.8 cm³/mol. The molecule has 0 N–H and O–H groups in total. The Kier molecular flexibility index (Phi) is 4.36. The summed E-state index contributed by atoms with van der Waals surface area (Å²) < 4.78 is 84.2. The van der Waals surface area contributed by atoms with Crippen molar-refractivity contribution in [2.45, 2.75) is 18.9 Å². The first-order valence-electron chi connectivity index (χ1n) is 8.28. The monoisotopic (exact) mass is 411 g/mol. The fourth-order valence-corrected chi connectivity index (χ4v) is 2.96. The van der Waals surface area contributed by atoms with Crippen molar-refractivity contribution in [1.82, 2.24) is 14.7 Å². The van der Waals surface area contributed by atoms with Crippen LogP contribution in [-0.2, 0) is 18.9 Å². The van der Waals surface area contributed by atoms with Crippen LogP contribution < -0.4 is 0 Å². The van der Waals surface area contributed by atoms with Gasteiger partial charge in [-0.2, -0.15) is 26.3 Å². The zero-order valence-corrected chi connectivity index (χ0v) is 14.4. The largest absolute Gasteiger partial charge is 0.449 e. The van der Waals surface area contributed by atoms with Crippen molar-refractivity contribution in [2.24, 2.45) is 0 Å². The second-order valence-corrected chi connectivity index (χ2v) is 6.26. The molecule has 0 radical (unpaired) electrons. The minimum absolute atomic E-state index is 0.105. The van der Waals surface area contributed by atoms with Crippen molar-refractivity contribution in [1.29, 1.82) is 0 Å². The summed E-state index contributed by atoms with van der Waals surface area (Å²) in [4.78, 5) is 3.65. The number of halogens is 6. The zero-order chi connectivity index (χ0) is 20.8. The van der Waals surface area contributed by atoms with Gasteiger partial charge in [0.1, 0.15) is 5.69 Å². The number of alkyl halides is 6. The number of para-hydroxylation sites is 2. The SMILES string of the molecule is FC(F)(F)c1ccc(-c2cc(Cn3c(C(F)(F)F)nc4ccccc43)on2)cc1. The second kappa shape index (κ2) is 6.64. The fourth-order valence-electron chi connectivity index (χ4n) is 2.96. The Morgan fingerprint density at radius 2 is 1.55 bits per heavy atom. The highest BCUT2D eigenvalue weighted by Crippen LogP contribution is 2.33. The van der Waals surface area contributed by atoms with E-state index < -0.39 is 23.7 Å². The molecular formula is C19H11F6N3O. The molecule has 2 heterocycles. The van der Waals surface area contributed by atoms with Gasteiger partial charge in [-0.15, -0.1) is 0 Å². The van der Waals surface area contributed by atoms with Crippen LogP contribution in [0.5, 0.6) is 0 Å². The highest BCUT2D eigenvalue weighted by molar-refractivity contribution is 5.76. The lowest BCUT2D eigenvalue weighted by Crippen LogP contribution is -2.15. The lowest BCUT2D eigenvalue weighted by Gasteiger charge is -2.09. The van der Waals surface area contributed by atoms with Gasteiger partial charge in [-0.05, 0) is 24.3 Å². The molecule has 0 amide bonds. The summed E-state index contributed by atoms with van der Waals surface area (Å²) in [6.07, 6.45) is -9.14. The summed E-state index contributed by atoms with van der Waals surface area (Å²) in [5.74, 6) is -0.972. The minimum atomic E-state index is -4.67. The van der Waals surface area contributed by atoms with Gasteiger partial charge in [0.05, 0.1) is 23.1 Å². The van der Waals surface area contributed by atoms with E-state index in [0.29, 0.717) is 5.56 Å². The van der Waals surface area contributed by atoms with E-state index in [9.17, 15) is 26.3 Å². The predicted octanol–water partition coefficient (Wildman–Crippen LogP) is 5.78. The maximum absolute atomic E-state index is 13.4. The molecule has 10 heteroatoms. The van der Waals surface area contributed by atoms with E-state index >= 15 is 0 Å². The van der Waals surface area contributed by atoms with Gasteiger partial charge in [0.15, 0.2) is 5.76 Å². The van der Waals surface area contributed by atoms with E-state index in [1.54, 1.807) is 12.1 Å². The van der Waals surface area contributed by atoms with Crippen molar-refractivity contribution < 1.29 is 30.9 Å². The normalized spacial score (nSPS) is 12.6. The summed E-state index contributed by atoms with van der Waals surface area (Å²) >= 11 is 0. The number of hydrogen-bond donors (Lipinski definition) is 0. The average Bonchev–Trinajstić information content (AvgIpc) is 3.27. The van der Waals surface area contributed by atoms with E-state index in [-0.39, 0.29) is 29.0 Å². The van der Waals surface area contributed by atoms with E-state index in [0.717, 1.165) is 16.7 Å². The summed E-state index contributed by atoms with van der Waals surface area (Å²) in [6, 6.07) is 11.8. The van der Waals surface area contributed by atoms with Crippen LogP contribution in [0.4, 0.5) is 26.3 Å². The Morgan fingerprint density at radius 3 is 2.21 bits per heavy atom. The molecule has 0 bridgehead atoms. The molecule has 0 saturated heterocycles. The van der Waals surface area contributed by atoms with Gasteiger partial charge >= 0.3 is 12.4 Å². The van der Waals surface area contributed by atoms with E-state index in [1.807, 2.05) is 0 Å². The van der Waals surface area contributed by atoms with Crippen LogP contribution in [0.15, 0.2) is 59.1 Å². The van der Waals surface area contributed by atoms with Crippen LogP contribution in [0, 0.1) is 0 Å². The van der Waals surface area contributed by atoms with Crippen molar-refractivity contribution in [3.05, 3.63) is 71.7 Å². The van der Waals surface area contributed by atoms with E-state index in [2.05, 4.69) is 10.1 Å². The lowest BCUT2D eigenvalue weighted by molar-refractivity contribution is -0.146. The number of rotatable bonds is 3. The van der Waals surface area contributed by atoms with Crippen LogP contribution in [0.3, 0.4) is 0 Å². The Morgan fingerprint density at radius 1 is 0.862 bits per heavy atom. The van der Waals surface area contributed by atoms with Gasteiger partial charge in [-0.3, -0.25) is 0 Å². The molecule has 0 unspecified atom stereocenters. The second-order valence-electron chi connectivity index (χ2n) is 6.26. The zero-order valence-electron chi connectivity index (χ0n) is 14.4. The third kappa shape index (κ3) is 3.69. The topological polar surface area (TPSA) is 43.9 Å². The molecule has 2 aromatic carbocycles. The van der Waals surface area contributed by atoms with Gasteiger partial charge in [0, 0.05) is 11.6 Å². The molecule has 0 aliphatic carbocycles. The van der Waals surface area contributed by atoms with Crippen LogP contribution in [0.1, 0.15) is 17.1 Å². The molecule has 29 heavy (non-hydrogen) atoms. The Labute approximate surface area is 159 Å². The van der Waals surface area contributed by atoms with Crippen molar-refractivity contribution in [3.8, 4) is 11.3 Å². The molecular weight excluding hydrogens is 400 g/mol. The molecule has 0 spiro atoms. The van der Waals surface area contributed by atoms with Crippen molar-refractivity contribution in [2.75, 3.05) is 0 Å². The molecule has 0 aliphatic rings. The number of aromatic nitrogens is 3. The summed E-state index contributed by atoms with van der Waals surface area (Å²) in [5.41, 5.74) is 0.200. The van der Waals surface area contributed by atoms with Gasteiger partial charge in [0.2, 0.25) is 5.82 Å². The van der Waals surface area contributed by atoms with Crippen LogP contribution in [0.2, 0.25) is 0 Å². The van der Waals surface area contributed by atoms with Crippen molar-refractivity contribution >= 4 is 11.0 Å². The quantitative estimate of drug-likeness (QED) is 0.402. The first-order chi connectivity index (χ1) is 13.6. The van der Waals surface area contributed by atoms with Gasteiger partial charge in [-0.25, -0.2) is 4.98 Å². The van der Waals surface area contributed by atoms with Crippen LogP contribution >= 0.6 is 0 Å². The maximum atomic E-state index is 13.4. The van der Waals surface area contributed by atoms with Gasteiger partial charge in [-0.1, -0.05) is 29.4 Å². The van der Waals surface area contributed by atoms with E-state index in [4.69, 9.17) is 4.52 Å². The molecule has 4 nitrogen and oxygen atoms in total. The average molecular weight is 411 g/mol.